The summed E-state index contributed by atoms with van der Waals surface area (Å²) in [5.74, 6) is 1.03. The third kappa shape index (κ3) is 2.06. The van der Waals surface area contributed by atoms with Crippen LogP contribution in [0, 0.1) is 0 Å². The highest BCUT2D eigenvalue weighted by atomic mass is 35.5. The smallest absolute Gasteiger partial charge is 0.536 e. The third-order valence-corrected chi connectivity index (χ3v) is 1.61. The summed E-state index contributed by atoms with van der Waals surface area (Å²) in [4.78, 5) is 0. The normalized spacial score (nSPS) is 9.25. The first kappa shape index (κ1) is 9.22. The fourth-order valence-electron chi connectivity index (χ4n) is 0.761. The van der Waals surface area contributed by atoms with Crippen molar-refractivity contribution in [1.29, 1.82) is 0 Å². The Morgan fingerprint density at radius 3 is 2.75 bits per heavy atom. The molecule has 0 unspecified atom stereocenters. The lowest BCUT2D eigenvalue weighted by Crippen LogP contribution is -2.00. The molecule has 0 amide bonds. The second kappa shape index (κ2) is 4.23. The molecule has 1 N–H and O–H groups in total. The van der Waals surface area contributed by atoms with Crippen LogP contribution >= 0.6 is 11.6 Å². The zero-order valence-electron chi connectivity index (χ0n) is 6.45. The minimum Gasteiger partial charge on any atom is -0.536 e. The van der Waals surface area contributed by atoms with Crippen molar-refractivity contribution >= 4 is 19.3 Å². The Hall–Kier alpha value is -0.865. The molecule has 0 heterocycles. The van der Waals surface area contributed by atoms with E-state index in [0.717, 1.165) is 0 Å². The van der Waals surface area contributed by atoms with Gasteiger partial charge in [-0.25, -0.2) is 0 Å². The number of benzene rings is 1. The van der Waals surface area contributed by atoms with E-state index in [1.54, 1.807) is 25.3 Å². The SMILES string of the molecule is COc1ccc(O[B]O)c(Cl)c1. The van der Waals surface area contributed by atoms with Crippen molar-refractivity contribution in [1.82, 2.24) is 0 Å². The van der Waals surface area contributed by atoms with E-state index < -0.39 is 0 Å². The van der Waals surface area contributed by atoms with E-state index in [0.29, 0.717) is 24.2 Å². The van der Waals surface area contributed by atoms with Gasteiger partial charge < -0.3 is 14.4 Å². The molecule has 3 nitrogen and oxygen atoms in total. The van der Waals surface area contributed by atoms with Crippen LogP contribution in [0.5, 0.6) is 11.5 Å². The fourth-order valence-corrected chi connectivity index (χ4v) is 0.976. The fraction of sp³-hybridized carbons (Fsp3) is 0.143. The van der Waals surface area contributed by atoms with E-state index in [4.69, 9.17) is 21.4 Å². The molecular weight excluding hydrogens is 178 g/mol. The summed E-state index contributed by atoms with van der Waals surface area (Å²) in [6, 6.07) is 4.89. The number of hydrogen-bond donors (Lipinski definition) is 1. The van der Waals surface area contributed by atoms with Crippen LogP contribution in [0.4, 0.5) is 0 Å². The Labute approximate surface area is 76.2 Å². The number of hydrogen-bond acceptors (Lipinski definition) is 3. The highest BCUT2D eigenvalue weighted by molar-refractivity contribution is 6.32. The largest absolute Gasteiger partial charge is 0.569 e. The lowest BCUT2D eigenvalue weighted by atomic mass is 10.3. The number of ether oxygens (including phenoxy) is 1. The Morgan fingerprint density at radius 1 is 1.50 bits per heavy atom. The van der Waals surface area contributed by atoms with Gasteiger partial charge in [0.2, 0.25) is 0 Å². The monoisotopic (exact) mass is 185 g/mol. The van der Waals surface area contributed by atoms with Gasteiger partial charge in [0.15, 0.2) is 0 Å². The van der Waals surface area contributed by atoms with Crippen LogP contribution in [-0.4, -0.2) is 19.8 Å². The molecule has 0 aliphatic rings. The number of halogens is 1. The van der Waals surface area contributed by atoms with Crippen LogP contribution in [-0.2, 0) is 0 Å². The summed E-state index contributed by atoms with van der Waals surface area (Å²) in [5, 5.41) is 8.72. The molecule has 0 fully saturated rings. The van der Waals surface area contributed by atoms with E-state index in [1.807, 2.05) is 0 Å². The van der Waals surface area contributed by atoms with Crippen LogP contribution in [0.3, 0.4) is 0 Å². The van der Waals surface area contributed by atoms with Gasteiger partial charge in [-0.2, -0.15) is 0 Å². The maximum atomic E-state index is 8.33. The van der Waals surface area contributed by atoms with Gasteiger partial charge in [-0.15, -0.1) is 0 Å². The lowest BCUT2D eigenvalue weighted by Gasteiger charge is -2.05. The van der Waals surface area contributed by atoms with Crippen molar-refractivity contribution in [2.45, 2.75) is 0 Å². The maximum Gasteiger partial charge on any atom is 0.569 e. The zero-order valence-corrected chi connectivity index (χ0v) is 7.21. The van der Waals surface area contributed by atoms with Crippen molar-refractivity contribution in [3.8, 4) is 11.5 Å². The van der Waals surface area contributed by atoms with Crippen LogP contribution in [0.1, 0.15) is 0 Å². The molecule has 0 atom stereocenters. The van der Waals surface area contributed by atoms with Gasteiger partial charge in [0.1, 0.15) is 11.5 Å². The van der Waals surface area contributed by atoms with E-state index in [-0.39, 0.29) is 0 Å². The molecule has 1 radical (unpaired) electrons. The van der Waals surface area contributed by atoms with E-state index in [1.165, 1.54) is 0 Å². The van der Waals surface area contributed by atoms with Crippen LogP contribution in [0.2, 0.25) is 5.02 Å². The molecule has 63 valence electrons. The molecule has 0 aliphatic carbocycles. The molecule has 1 aromatic rings. The Morgan fingerprint density at radius 2 is 2.25 bits per heavy atom. The van der Waals surface area contributed by atoms with Gasteiger partial charge >= 0.3 is 7.69 Å². The van der Waals surface area contributed by atoms with Crippen LogP contribution in [0.15, 0.2) is 18.2 Å². The lowest BCUT2D eigenvalue weighted by molar-refractivity contribution is 0.412. The standard InChI is InChI=1S/C7H7BClO3/c1-11-5-2-3-7(12-8-10)6(9)4-5/h2-4,10H,1H3. The van der Waals surface area contributed by atoms with Crippen molar-refractivity contribution in [3.63, 3.8) is 0 Å². The molecule has 0 aliphatic heterocycles. The topological polar surface area (TPSA) is 38.7 Å². The molecule has 1 aromatic carbocycles. The van der Waals surface area contributed by atoms with E-state index >= 15 is 0 Å². The Kier molecular flexibility index (Phi) is 3.25. The first-order chi connectivity index (χ1) is 5.77. The Bertz CT molecular complexity index is 267. The molecule has 1 rings (SSSR count). The number of rotatable bonds is 3. The summed E-state index contributed by atoms with van der Waals surface area (Å²) in [7, 11) is 2.12. The molecule has 0 aromatic heterocycles. The summed E-state index contributed by atoms with van der Waals surface area (Å²) in [5.41, 5.74) is 0. The summed E-state index contributed by atoms with van der Waals surface area (Å²) < 4.78 is 9.59. The van der Waals surface area contributed by atoms with E-state index in [9.17, 15) is 0 Å². The van der Waals surface area contributed by atoms with Gasteiger partial charge in [0, 0.05) is 6.07 Å². The molecule has 0 bridgehead atoms. The minimum absolute atomic E-state index is 0.389. The molecule has 0 saturated carbocycles. The summed E-state index contributed by atoms with van der Waals surface area (Å²) >= 11 is 5.75. The predicted octanol–water partition coefficient (Wildman–Crippen LogP) is 1.25. The van der Waals surface area contributed by atoms with E-state index in [2.05, 4.69) is 4.65 Å². The van der Waals surface area contributed by atoms with Gasteiger partial charge in [-0.05, 0) is 12.1 Å². The molecule has 12 heavy (non-hydrogen) atoms. The first-order valence-electron chi connectivity index (χ1n) is 3.24. The second-order valence-electron chi connectivity index (χ2n) is 2.02. The Balaban J connectivity index is 2.87. The average molecular weight is 185 g/mol. The molecule has 0 saturated heterocycles. The van der Waals surface area contributed by atoms with Crippen LogP contribution in [0.25, 0.3) is 0 Å². The highest BCUT2D eigenvalue weighted by Crippen LogP contribution is 2.28. The maximum absolute atomic E-state index is 8.33. The number of methoxy groups -OCH3 is 1. The van der Waals surface area contributed by atoms with Gasteiger partial charge in [-0.3, -0.25) is 0 Å². The van der Waals surface area contributed by atoms with Gasteiger partial charge in [0.05, 0.1) is 12.1 Å². The van der Waals surface area contributed by atoms with Crippen molar-refractivity contribution in [3.05, 3.63) is 23.2 Å². The minimum atomic E-state index is 0.389. The molecular formula is C7H7BClO3. The third-order valence-electron chi connectivity index (χ3n) is 1.32. The van der Waals surface area contributed by atoms with Crippen molar-refractivity contribution in [2.24, 2.45) is 0 Å². The predicted molar refractivity (Wildman–Crippen MR) is 46.6 cm³/mol. The van der Waals surface area contributed by atoms with Crippen molar-refractivity contribution in [2.75, 3.05) is 7.11 Å². The second-order valence-corrected chi connectivity index (χ2v) is 2.43. The summed E-state index contributed by atoms with van der Waals surface area (Å²) in [6.07, 6.45) is 0. The summed E-state index contributed by atoms with van der Waals surface area (Å²) in [6.45, 7) is 0. The zero-order chi connectivity index (χ0) is 8.97. The molecule has 5 heteroatoms. The quantitative estimate of drug-likeness (QED) is 0.721. The molecule has 0 spiro atoms. The highest BCUT2D eigenvalue weighted by Gasteiger charge is 2.02. The van der Waals surface area contributed by atoms with Crippen molar-refractivity contribution < 1.29 is 14.4 Å². The average Bonchev–Trinajstić information content (AvgIpc) is 2.09. The van der Waals surface area contributed by atoms with Gasteiger partial charge in [0.25, 0.3) is 0 Å². The van der Waals surface area contributed by atoms with Crippen LogP contribution < -0.4 is 9.39 Å². The van der Waals surface area contributed by atoms with Gasteiger partial charge in [-0.1, -0.05) is 11.6 Å². The first-order valence-corrected chi connectivity index (χ1v) is 3.62.